The molecule has 0 unspecified atom stereocenters. The van der Waals surface area contributed by atoms with E-state index >= 15 is 4.79 Å². The third-order valence-corrected chi connectivity index (χ3v) is 19.0. The number of nitrogens with two attached hydrogens (primary N) is 3. The number of aromatic amines is 2. The lowest BCUT2D eigenvalue weighted by Crippen LogP contribution is -2.61. The van der Waals surface area contributed by atoms with Gasteiger partial charge in [-0.1, -0.05) is 70.5 Å². The van der Waals surface area contributed by atoms with Gasteiger partial charge in [-0.25, -0.2) is 4.79 Å². The number of likely N-dealkylation sites (tertiary alicyclic amines) is 1. The molecule has 3 heterocycles. The van der Waals surface area contributed by atoms with Crippen LogP contribution in [0, 0.1) is 11.8 Å². The zero-order chi connectivity index (χ0) is 76.2. The van der Waals surface area contributed by atoms with Crippen molar-refractivity contribution in [3.8, 4) is 0 Å². The molecule has 0 bridgehead atoms. The summed E-state index contributed by atoms with van der Waals surface area (Å²) in [6, 6.07) is -2.19. The average molecular weight is 1480 g/mol. The first-order valence-corrected chi connectivity index (χ1v) is 37.1. The summed E-state index contributed by atoms with van der Waals surface area (Å²) in [5.74, 6) is -10.9. The van der Waals surface area contributed by atoms with Crippen LogP contribution in [0.25, 0.3) is 21.8 Å². The summed E-state index contributed by atoms with van der Waals surface area (Å²) in [7, 11) is 0. The number of nitrogens with one attached hydrogen (secondary N) is 12. The van der Waals surface area contributed by atoms with Crippen LogP contribution in [0.15, 0.2) is 65.9 Å². The van der Waals surface area contributed by atoms with E-state index in [0.717, 1.165) is 10.9 Å². The van der Waals surface area contributed by atoms with Crippen molar-refractivity contribution in [2.45, 2.75) is 184 Å². The number of fused-ring (bicyclic) bond motifs is 2. The summed E-state index contributed by atoms with van der Waals surface area (Å²) in [5.41, 5.74) is 19.6. The fraction of sp³-hybridized carbons (Fsp3) is 0.574. The first-order valence-electron chi connectivity index (χ1n) is 34.3. The van der Waals surface area contributed by atoms with Crippen molar-refractivity contribution >= 4 is 122 Å². The lowest BCUT2D eigenvalue weighted by molar-refractivity contribution is -0.143. The van der Waals surface area contributed by atoms with Gasteiger partial charge < -0.3 is 106 Å². The lowest BCUT2D eigenvalue weighted by atomic mass is 9.96. The monoisotopic (exact) mass is 1480 g/mol. The Hall–Kier alpha value is -9.03. The molecular weight excluding hydrogens is 1370 g/mol. The number of para-hydroxylation sites is 2. The Kier molecular flexibility index (Phi) is 34.4. The molecule has 2 aromatic heterocycles. The van der Waals surface area contributed by atoms with Gasteiger partial charge in [-0.3, -0.25) is 57.7 Å². The van der Waals surface area contributed by atoms with Crippen molar-refractivity contribution in [3.05, 3.63) is 72.1 Å². The number of guanidine groups is 1. The zero-order valence-electron chi connectivity index (χ0n) is 59.4. The van der Waals surface area contributed by atoms with Crippen molar-refractivity contribution in [1.82, 2.24) is 68.0 Å². The molecule has 0 spiro atoms. The molecule has 35 heteroatoms. The Morgan fingerprint density at radius 1 is 0.583 bits per heavy atom. The van der Waals surface area contributed by atoms with Gasteiger partial charge in [-0.05, 0) is 118 Å². The molecule has 33 nitrogen and oxygen atoms in total. The van der Waals surface area contributed by atoms with Gasteiger partial charge in [-0.15, -0.1) is 0 Å². The van der Waals surface area contributed by atoms with Crippen LogP contribution in [0.5, 0.6) is 0 Å². The van der Waals surface area contributed by atoms with Gasteiger partial charge in [0.25, 0.3) is 0 Å². The zero-order valence-corrected chi connectivity index (χ0v) is 61.0. The number of nitrogens with zero attached hydrogens (tertiary/aromatic N) is 2. The Bertz CT molecular complexity index is 3590. The number of H-pyrrole nitrogens is 2. The number of carboxylic acids is 1. The van der Waals surface area contributed by atoms with E-state index in [0.29, 0.717) is 46.4 Å². The van der Waals surface area contributed by atoms with Crippen molar-refractivity contribution in [2.75, 3.05) is 50.3 Å². The van der Waals surface area contributed by atoms with Gasteiger partial charge >= 0.3 is 5.97 Å². The van der Waals surface area contributed by atoms with Crippen LogP contribution in [0.4, 0.5) is 0 Å². The highest BCUT2D eigenvalue weighted by molar-refractivity contribution is 7.98. The van der Waals surface area contributed by atoms with Gasteiger partial charge in [0, 0.05) is 60.1 Å². The maximum absolute atomic E-state index is 15.4. The Morgan fingerprint density at radius 3 is 1.57 bits per heavy atom. The largest absolute Gasteiger partial charge is 0.480 e. The Morgan fingerprint density at radius 2 is 1.05 bits per heavy atom. The Balaban J connectivity index is 1.40. The average Bonchev–Trinajstić information content (AvgIpc) is 1.70. The second-order valence-electron chi connectivity index (χ2n) is 26.0. The van der Waals surface area contributed by atoms with Gasteiger partial charge in [0.1, 0.15) is 72.5 Å². The molecule has 1 aliphatic heterocycles. The number of carbonyl (C=O) groups excluding carboxylic acids is 11. The molecule has 14 atom stereocenters. The minimum Gasteiger partial charge on any atom is -0.480 e. The van der Waals surface area contributed by atoms with E-state index in [1.54, 1.807) is 63.0 Å². The normalized spacial score (nSPS) is 16.7. The van der Waals surface area contributed by atoms with Crippen LogP contribution in [0.3, 0.4) is 0 Å². The van der Waals surface area contributed by atoms with Crippen molar-refractivity contribution in [1.29, 1.82) is 0 Å². The van der Waals surface area contributed by atoms with Gasteiger partial charge in [0.15, 0.2) is 5.96 Å². The smallest absolute Gasteiger partial charge is 0.328 e. The van der Waals surface area contributed by atoms with Crippen LogP contribution in [0.1, 0.15) is 104 Å². The van der Waals surface area contributed by atoms with Crippen molar-refractivity contribution in [3.63, 3.8) is 0 Å². The fourth-order valence-corrected chi connectivity index (χ4v) is 12.5. The Labute approximate surface area is 606 Å². The van der Waals surface area contributed by atoms with E-state index in [1.165, 1.54) is 42.3 Å². The quantitative estimate of drug-likeness (QED) is 0.0126. The third-order valence-electron chi connectivity index (χ3n) is 17.7. The summed E-state index contributed by atoms with van der Waals surface area (Å²) < 4.78 is 0. The molecule has 11 amide bonds. The molecule has 103 heavy (non-hydrogen) atoms. The van der Waals surface area contributed by atoms with E-state index < -0.39 is 169 Å². The molecule has 1 fully saturated rings. The van der Waals surface area contributed by atoms with Crippen molar-refractivity contribution in [2.24, 2.45) is 34.0 Å². The van der Waals surface area contributed by atoms with Gasteiger partial charge in [0.2, 0.25) is 65.0 Å². The molecule has 0 aliphatic carbocycles. The molecule has 5 rings (SSSR count). The number of carbonyl (C=O) groups is 12. The highest BCUT2D eigenvalue weighted by Gasteiger charge is 2.42. The van der Waals surface area contributed by atoms with E-state index in [9.17, 15) is 73.2 Å². The standard InChI is InChI=1S/C68H103N17O16S2/c1-9-36(4)55(84-56(89)37(5)75-57(90)45(20-14-24-72-68(70)71)76-60(93)48(28-35(2)3)80-64(97)54(69)38(6)88)65(98)81-50(30-40-32-74-44-19-13-11-17-42(40)44)66(99)85-25-15-21-53(85)63(96)78-47(23-27-103-8)58(91)79-49(29-39-31-73-43-18-12-10-16-41(39)43)61(94)77-46(22-26-102-7)59(92)82-51(33-86)62(95)83-52(34-87)67(100)101/h10-13,16-19,31-32,35-38,45-55,73-74,86-88H,9,14-15,20-30,33-34,69H2,1-8H3,(H,75,90)(H,76,93)(H,77,94)(H,78,96)(H,79,91)(H,80,97)(H,81,98)(H,82,92)(H,83,95)(H,84,89)(H,100,101)(H4,70,71,72)/t36-,37-,38+,45-,46-,47-,48-,49-,50-,51-,52-,53-,54-,55-/m0/s1. The minimum absolute atomic E-state index is 0.0155. The maximum atomic E-state index is 15.4. The highest BCUT2D eigenvalue weighted by Crippen LogP contribution is 2.25. The summed E-state index contributed by atoms with van der Waals surface area (Å²) in [5, 5.41) is 66.6. The molecule has 4 aromatic rings. The molecule has 1 saturated heterocycles. The molecule has 22 N–H and O–H groups in total. The third kappa shape index (κ3) is 25.4. The van der Waals surface area contributed by atoms with E-state index in [1.807, 2.05) is 43.4 Å². The first kappa shape index (κ1) is 84.6. The second-order valence-corrected chi connectivity index (χ2v) is 28.0. The molecule has 0 saturated carbocycles. The number of aliphatic imine (C=N–C) groups is 1. The number of aromatic nitrogens is 2. The SMILES string of the molecule is CC[C@H](C)[C@H](NC(=O)[C@H](C)NC(=O)[C@H](CCCN=C(N)N)NC(=O)[C@H](CC(C)C)NC(=O)[C@@H](N)[C@@H](C)O)C(=O)N[C@@H](Cc1c[nH]c2ccccc12)C(=O)N1CCC[C@H]1C(=O)N[C@@H](CCSC)C(=O)N[C@@H](Cc1c[nH]c2ccccc12)C(=O)N[C@@H](CCSC)C(=O)N[C@@H](CO)C(=O)N[C@@H](CO)C(=O)O. The van der Waals surface area contributed by atoms with Crippen LogP contribution in [-0.2, 0) is 70.4 Å². The van der Waals surface area contributed by atoms with E-state index in [2.05, 4.69) is 62.8 Å². The molecular formula is C68H103N17O16S2. The summed E-state index contributed by atoms with van der Waals surface area (Å²) >= 11 is 2.70. The second kappa shape index (κ2) is 41.9. The molecule has 1 aliphatic rings. The molecule has 0 radical (unpaired) electrons. The number of thioether (sulfide) groups is 2. The summed E-state index contributed by atoms with van der Waals surface area (Å²) in [4.78, 5) is 180. The number of carboxylic acid groups (broad SMARTS) is 1. The first-order chi connectivity index (χ1) is 49.0. The highest BCUT2D eigenvalue weighted by atomic mass is 32.2. The molecule has 2 aromatic carbocycles. The molecule has 568 valence electrons. The number of aliphatic carboxylic acids is 1. The van der Waals surface area contributed by atoms with Crippen LogP contribution >= 0.6 is 23.5 Å². The summed E-state index contributed by atoms with van der Waals surface area (Å²) in [6.45, 7) is 7.94. The fourth-order valence-electron chi connectivity index (χ4n) is 11.6. The van der Waals surface area contributed by atoms with E-state index in [-0.39, 0.29) is 76.3 Å². The maximum Gasteiger partial charge on any atom is 0.328 e. The van der Waals surface area contributed by atoms with Crippen LogP contribution in [0.2, 0.25) is 0 Å². The number of aliphatic hydroxyl groups excluding tert-OH is 3. The minimum atomic E-state index is -1.75. The lowest BCUT2D eigenvalue weighted by Gasteiger charge is -2.32. The number of rotatable bonds is 43. The van der Waals surface area contributed by atoms with Gasteiger partial charge in [0.05, 0.1) is 19.3 Å². The topological polar surface area (TPSA) is 531 Å². The van der Waals surface area contributed by atoms with E-state index in [4.69, 9.17) is 17.2 Å². The van der Waals surface area contributed by atoms with Gasteiger partial charge in [-0.2, -0.15) is 23.5 Å². The number of aliphatic hydroxyl groups is 3. The van der Waals surface area contributed by atoms with Crippen molar-refractivity contribution < 1.29 is 78.0 Å². The van der Waals surface area contributed by atoms with Crippen LogP contribution in [-0.4, -0.2) is 241 Å². The number of benzene rings is 2. The van der Waals surface area contributed by atoms with Crippen LogP contribution < -0.4 is 70.4 Å². The predicted molar refractivity (Wildman–Crippen MR) is 390 cm³/mol. The number of hydrogen-bond donors (Lipinski definition) is 19. The predicted octanol–water partition coefficient (Wildman–Crippen LogP) is -2.28. The number of hydrogen-bond acceptors (Lipinski definition) is 19. The number of amides is 11. The summed E-state index contributed by atoms with van der Waals surface area (Å²) in [6.07, 6.45) is 6.49.